The quantitative estimate of drug-likeness (QED) is 0.0611. The number of carboxylic acids is 3. The summed E-state index contributed by atoms with van der Waals surface area (Å²) in [6.45, 7) is 7.98. The second-order valence-electron chi connectivity index (χ2n) is 13.5. The van der Waals surface area contributed by atoms with Crippen LogP contribution in [0.2, 0.25) is 0 Å². The fourth-order valence-electron chi connectivity index (χ4n) is 4.91. The van der Waals surface area contributed by atoms with E-state index < -0.39 is 35.9 Å². The van der Waals surface area contributed by atoms with Crippen LogP contribution in [-0.4, -0.2) is 74.0 Å². The van der Waals surface area contributed by atoms with Gasteiger partial charge in [-0.25, -0.2) is 9.59 Å². The van der Waals surface area contributed by atoms with Crippen molar-refractivity contribution >= 4 is 36.4 Å². The van der Waals surface area contributed by atoms with Crippen LogP contribution in [0.15, 0.2) is 84.9 Å². The van der Waals surface area contributed by atoms with E-state index in [9.17, 15) is 44.1 Å². The predicted octanol–water partition coefficient (Wildman–Crippen LogP) is 5.94. The van der Waals surface area contributed by atoms with Gasteiger partial charge in [0.15, 0.2) is 12.6 Å². The van der Waals surface area contributed by atoms with Gasteiger partial charge in [0.25, 0.3) is 5.91 Å². The first kappa shape index (κ1) is 46.4. The van der Waals surface area contributed by atoms with E-state index in [-0.39, 0.29) is 58.8 Å². The number of aromatic hydroxyl groups is 2. The minimum Gasteiger partial charge on any atom is -0.507 e. The zero-order chi connectivity index (χ0) is 42.7. The van der Waals surface area contributed by atoms with Crippen LogP contribution in [-0.2, 0) is 22.8 Å². The van der Waals surface area contributed by atoms with Crippen molar-refractivity contribution in [2.45, 2.75) is 65.8 Å². The fraction of sp³-hybridized carbons (Fsp3) is 0.286. The standard InChI is InChI=1S/C21H23NO6.C15H12O5.C6H13NO2/c1-13(2)10-17(21(26)27)22-20(25)15-8-6-14(7-9-15)12-28-19-5-3-4-18(24)16(19)11-23;16-8-12-13(17)2-1-3-14(12)20-9-10-4-6-11(7-5-10)15(18)19;1-4(2)3-5(7)6(8)9/h3-9,11,13,17,24H,10,12H2,1-2H3,(H,22,25)(H,26,27);1-8,17H,9H2,(H,18,19);4-5H,3,7H2,1-2H3,(H,8,9)/t17-;;5-/m0.0/s1. The number of hydrogen-bond acceptors (Lipinski definition) is 11. The van der Waals surface area contributed by atoms with Crippen LogP contribution in [0, 0.1) is 11.8 Å². The summed E-state index contributed by atoms with van der Waals surface area (Å²) in [6.07, 6.45) is 1.94. The van der Waals surface area contributed by atoms with Gasteiger partial charge in [-0.15, -0.1) is 0 Å². The molecule has 57 heavy (non-hydrogen) atoms. The highest BCUT2D eigenvalue weighted by atomic mass is 16.5. The SMILES string of the molecule is CC(C)C[C@H](N)C(=O)O.CC(C)C[C@H](NC(=O)c1ccc(COc2cccc(O)c2C=O)cc1)C(=O)O.O=Cc1c(O)cccc1OCc1ccc(C(=O)O)cc1. The van der Waals surface area contributed by atoms with Gasteiger partial charge in [-0.05, 0) is 84.3 Å². The maximum absolute atomic E-state index is 12.3. The second-order valence-corrected chi connectivity index (χ2v) is 13.5. The van der Waals surface area contributed by atoms with Gasteiger partial charge < -0.3 is 46.1 Å². The third-order valence-corrected chi connectivity index (χ3v) is 7.88. The van der Waals surface area contributed by atoms with Crippen LogP contribution in [0.1, 0.15) is 93.1 Å². The molecule has 0 unspecified atom stereocenters. The highest BCUT2D eigenvalue weighted by molar-refractivity contribution is 5.96. The lowest BCUT2D eigenvalue weighted by molar-refractivity contribution is -0.140. The Kier molecular flexibility index (Phi) is 18.9. The van der Waals surface area contributed by atoms with Crippen LogP contribution >= 0.6 is 0 Å². The molecule has 2 atom stereocenters. The largest absolute Gasteiger partial charge is 0.507 e. The number of benzene rings is 4. The minimum atomic E-state index is -1.07. The molecule has 0 aliphatic carbocycles. The number of aldehydes is 2. The van der Waals surface area contributed by atoms with E-state index in [1.807, 2.05) is 27.7 Å². The Balaban J connectivity index is 0.000000335. The lowest BCUT2D eigenvalue weighted by Crippen LogP contribution is -2.41. The van der Waals surface area contributed by atoms with Gasteiger partial charge in [-0.1, -0.05) is 64.1 Å². The van der Waals surface area contributed by atoms with E-state index >= 15 is 0 Å². The summed E-state index contributed by atoms with van der Waals surface area (Å²) in [7, 11) is 0. The van der Waals surface area contributed by atoms with Crippen molar-refractivity contribution < 1.29 is 63.8 Å². The van der Waals surface area contributed by atoms with E-state index in [1.54, 1.807) is 60.7 Å². The first-order valence-electron chi connectivity index (χ1n) is 17.7. The van der Waals surface area contributed by atoms with E-state index in [2.05, 4.69) is 5.32 Å². The van der Waals surface area contributed by atoms with Crippen LogP contribution in [0.5, 0.6) is 23.0 Å². The molecule has 0 saturated heterocycles. The molecule has 0 radical (unpaired) electrons. The molecule has 304 valence electrons. The number of carbonyl (C=O) groups excluding carboxylic acids is 3. The first-order valence-corrected chi connectivity index (χ1v) is 17.7. The Morgan fingerprint density at radius 3 is 1.39 bits per heavy atom. The predicted molar refractivity (Wildman–Crippen MR) is 209 cm³/mol. The second kappa shape index (κ2) is 23.2. The molecule has 15 heteroatoms. The molecule has 0 spiro atoms. The van der Waals surface area contributed by atoms with Gasteiger partial charge in [-0.3, -0.25) is 19.2 Å². The Morgan fingerprint density at radius 1 is 0.632 bits per heavy atom. The zero-order valence-corrected chi connectivity index (χ0v) is 32.0. The molecular formula is C42H48N2O13. The van der Waals surface area contributed by atoms with Gasteiger partial charge in [0.2, 0.25) is 0 Å². The van der Waals surface area contributed by atoms with Gasteiger partial charge in [-0.2, -0.15) is 0 Å². The molecule has 0 fully saturated rings. The van der Waals surface area contributed by atoms with Crippen molar-refractivity contribution in [3.63, 3.8) is 0 Å². The Morgan fingerprint density at radius 2 is 1.05 bits per heavy atom. The molecule has 0 aliphatic rings. The van der Waals surface area contributed by atoms with Crippen LogP contribution in [0.25, 0.3) is 0 Å². The number of nitrogens with one attached hydrogen (secondary N) is 1. The third kappa shape index (κ3) is 15.9. The molecule has 0 aromatic heterocycles. The highest BCUT2D eigenvalue weighted by Gasteiger charge is 2.22. The number of phenolic OH excluding ortho intramolecular Hbond substituents is 2. The number of ether oxygens (including phenoxy) is 2. The van der Waals surface area contributed by atoms with Crippen molar-refractivity contribution in [2.24, 2.45) is 17.6 Å². The maximum Gasteiger partial charge on any atom is 0.335 e. The van der Waals surface area contributed by atoms with Crippen LogP contribution in [0.3, 0.4) is 0 Å². The monoisotopic (exact) mass is 788 g/mol. The summed E-state index contributed by atoms with van der Waals surface area (Å²) in [5.41, 5.74) is 7.42. The van der Waals surface area contributed by atoms with Crippen LogP contribution in [0.4, 0.5) is 0 Å². The van der Waals surface area contributed by atoms with E-state index in [0.717, 1.165) is 11.1 Å². The summed E-state index contributed by atoms with van der Waals surface area (Å²) < 4.78 is 11.0. The lowest BCUT2D eigenvalue weighted by Gasteiger charge is -2.16. The number of rotatable bonds is 17. The number of hydrogen-bond donors (Lipinski definition) is 7. The third-order valence-electron chi connectivity index (χ3n) is 7.88. The highest BCUT2D eigenvalue weighted by Crippen LogP contribution is 2.27. The summed E-state index contributed by atoms with van der Waals surface area (Å²) in [4.78, 5) is 66.3. The lowest BCUT2D eigenvalue weighted by atomic mass is 10.0. The normalized spacial score (nSPS) is 11.4. The van der Waals surface area contributed by atoms with Crippen molar-refractivity contribution in [3.8, 4) is 23.0 Å². The van der Waals surface area contributed by atoms with Crippen molar-refractivity contribution in [1.82, 2.24) is 5.32 Å². The molecule has 0 bridgehead atoms. The minimum absolute atomic E-state index is 0.0726. The number of aliphatic carboxylic acids is 2. The zero-order valence-electron chi connectivity index (χ0n) is 32.0. The van der Waals surface area contributed by atoms with Crippen molar-refractivity contribution in [2.75, 3.05) is 0 Å². The molecule has 8 N–H and O–H groups in total. The topological polar surface area (TPSA) is 260 Å². The van der Waals surface area contributed by atoms with Gasteiger partial charge in [0.05, 0.1) is 16.7 Å². The van der Waals surface area contributed by atoms with E-state index in [0.29, 0.717) is 36.9 Å². The number of carbonyl (C=O) groups is 6. The van der Waals surface area contributed by atoms with Gasteiger partial charge in [0.1, 0.15) is 48.3 Å². The number of aromatic carboxylic acids is 1. The number of carboxylic acid groups (broad SMARTS) is 3. The first-order chi connectivity index (χ1) is 27.0. The van der Waals surface area contributed by atoms with Crippen LogP contribution < -0.4 is 20.5 Å². The van der Waals surface area contributed by atoms with Crippen molar-refractivity contribution in [1.29, 1.82) is 0 Å². The molecule has 1 amide bonds. The smallest absolute Gasteiger partial charge is 0.335 e. The molecule has 4 rings (SSSR count). The number of nitrogens with two attached hydrogens (primary N) is 1. The fourth-order valence-corrected chi connectivity index (χ4v) is 4.91. The Hall–Kier alpha value is -6.74. The number of phenols is 2. The summed E-state index contributed by atoms with van der Waals surface area (Å²) in [5, 5.41) is 48.0. The molecule has 4 aromatic carbocycles. The summed E-state index contributed by atoms with van der Waals surface area (Å²) in [5.74, 6) is -2.70. The molecule has 0 heterocycles. The molecule has 0 saturated carbocycles. The molecule has 4 aromatic rings. The van der Waals surface area contributed by atoms with Crippen molar-refractivity contribution in [3.05, 3.63) is 118 Å². The average molecular weight is 789 g/mol. The summed E-state index contributed by atoms with van der Waals surface area (Å²) in [6, 6.07) is 20.2. The molecular weight excluding hydrogens is 740 g/mol. The Labute approximate surface area is 329 Å². The maximum atomic E-state index is 12.3. The molecule has 0 aliphatic heterocycles. The summed E-state index contributed by atoms with van der Waals surface area (Å²) >= 11 is 0. The Bertz CT molecular complexity index is 1960. The molecule has 15 nitrogen and oxygen atoms in total. The van der Waals surface area contributed by atoms with E-state index in [1.165, 1.54) is 24.3 Å². The van der Waals surface area contributed by atoms with E-state index in [4.69, 9.17) is 25.4 Å². The number of amides is 1. The average Bonchev–Trinajstić information content (AvgIpc) is 3.16. The van der Waals surface area contributed by atoms with Gasteiger partial charge in [0, 0.05) is 5.56 Å². The van der Waals surface area contributed by atoms with Gasteiger partial charge >= 0.3 is 17.9 Å².